The molecule has 0 aliphatic carbocycles. The minimum atomic E-state index is -0.698. The van der Waals surface area contributed by atoms with Gasteiger partial charge in [0, 0.05) is 25.7 Å². The fourth-order valence-electron chi connectivity index (χ4n) is 1.19. The van der Waals surface area contributed by atoms with Gasteiger partial charge < -0.3 is 15.5 Å². The van der Waals surface area contributed by atoms with Crippen molar-refractivity contribution in [1.82, 2.24) is 9.88 Å². The lowest BCUT2D eigenvalue weighted by Crippen LogP contribution is -2.32. The summed E-state index contributed by atoms with van der Waals surface area (Å²) in [5.74, 6) is -1.29. The van der Waals surface area contributed by atoms with Crippen LogP contribution in [0.25, 0.3) is 0 Å². The Hall–Kier alpha value is -1.43. The van der Waals surface area contributed by atoms with Gasteiger partial charge in [0.1, 0.15) is 0 Å². The summed E-state index contributed by atoms with van der Waals surface area (Å²) in [7, 11) is 5.40. The first kappa shape index (κ1) is 13.6. The highest BCUT2D eigenvalue weighted by molar-refractivity contribution is 5.47. The van der Waals surface area contributed by atoms with Crippen LogP contribution in [0.3, 0.4) is 0 Å². The van der Waals surface area contributed by atoms with Crippen molar-refractivity contribution in [2.24, 2.45) is 0 Å². The number of rotatable bonds is 5. The van der Waals surface area contributed by atoms with Crippen molar-refractivity contribution in [1.29, 1.82) is 0 Å². The van der Waals surface area contributed by atoms with Crippen molar-refractivity contribution in [2.75, 3.05) is 38.3 Å². The topological polar surface area (TPSA) is 40.2 Å². The lowest BCUT2D eigenvalue weighted by molar-refractivity contribution is 0.325. The summed E-state index contributed by atoms with van der Waals surface area (Å²) >= 11 is 0. The second-order valence-electron chi connectivity index (χ2n) is 4.09. The first-order valence-electron chi connectivity index (χ1n) is 5.39. The van der Waals surface area contributed by atoms with E-state index in [0.29, 0.717) is 6.54 Å². The van der Waals surface area contributed by atoms with Crippen LogP contribution < -0.4 is 10.6 Å². The van der Waals surface area contributed by atoms with E-state index in [1.54, 1.807) is 0 Å². The number of nitrogens with one attached hydrogen (secondary N) is 2. The van der Waals surface area contributed by atoms with Gasteiger partial charge in [-0.15, -0.1) is 0 Å². The molecule has 2 N–H and O–H groups in total. The van der Waals surface area contributed by atoms with E-state index in [2.05, 4.69) is 15.6 Å². The van der Waals surface area contributed by atoms with Crippen LogP contribution in [0, 0.1) is 11.6 Å². The first-order valence-corrected chi connectivity index (χ1v) is 5.39. The van der Waals surface area contributed by atoms with Crippen molar-refractivity contribution in [3.05, 3.63) is 17.7 Å². The molecule has 1 atom stereocenters. The van der Waals surface area contributed by atoms with Gasteiger partial charge >= 0.3 is 0 Å². The number of halogens is 2. The van der Waals surface area contributed by atoms with Crippen LogP contribution in [0.4, 0.5) is 20.4 Å². The normalized spacial score (nSPS) is 12.6. The molecule has 1 heterocycles. The van der Waals surface area contributed by atoms with E-state index < -0.39 is 11.6 Å². The maximum atomic E-state index is 13.4. The molecule has 1 aromatic heterocycles. The smallest absolute Gasteiger partial charge is 0.168 e. The maximum Gasteiger partial charge on any atom is 0.168 e. The molecule has 6 heteroatoms. The fourth-order valence-corrected chi connectivity index (χ4v) is 1.19. The highest BCUT2D eigenvalue weighted by atomic mass is 19.1. The Morgan fingerprint density at radius 3 is 2.41 bits per heavy atom. The Bertz CT molecular complexity index is 382. The third-order valence-electron chi connectivity index (χ3n) is 2.61. The average molecular weight is 244 g/mol. The number of likely N-dealkylation sites (N-methyl/N-ethyl adjacent to an activating group) is 1. The molecule has 0 aromatic carbocycles. The fraction of sp³-hybridized carbons (Fsp3) is 0.545. The molecular weight excluding hydrogens is 226 g/mol. The molecule has 0 amide bonds. The van der Waals surface area contributed by atoms with Crippen molar-refractivity contribution in [3.8, 4) is 0 Å². The molecule has 0 aliphatic heterocycles. The van der Waals surface area contributed by atoms with Gasteiger partial charge in [0.2, 0.25) is 0 Å². The predicted molar refractivity (Wildman–Crippen MR) is 65.3 cm³/mol. The van der Waals surface area contributed by atoms with Gasteiger partial charge in [0.05, 0.1) is 0 Å². The number of nitrogens with zero attached hydrogens (tertiary/aromatic N) is 2. The molecule has 1 rings (SSSR count). The van der Waals surface area contributed by atoms with Crippen LogP contribution in [-0.4, -0.2) is 43.6 Å². The van der Waals surface area contributed by atoms with E-state index >= 15 is 0 Å². The minimum absolute atomic E-state index is 0.0337. The van der Waals surface area contributed by atoms with Gasteiger partial charge in [0.15, 0.2) is 23.3 Å². The molecule has 0 saturated carbocycles. The van der Waals surface area contributed by atoms with E-state index in [1.165, 1.54) is 7.05 Å². The number of hydrogen-bond donors (Lipinski definition) is 2. The summed E-state index contributed by atoms with van der Waals surface area (Å²) in [6, 6.07) is 1.04. The van der Waals surface area contributed by atoms with Crippen molar-refractivity contribution < 1.29 is 8.78 Å². The number of anilines is 2. The second-order valence-corrected chi connectivity index (χ2v) is 4.09. The van der Waals surface area contributed by atoms with Gasteiger partial charge in [-0.05, 0) is 21.0 Å². The lowest BCUT2D eigenvalue weighted by Gasteiger charge is -2.20. The van der Waals surface area contributed by atoms with Crippen LogP contribution in [0.2, 0.25) is 0 Å². The zero-order valence-corrected chi connectivity index (χ0v) is 10.5. The first-order chi connectivity index (χ1) is 7.95. The minimum Gasteiger partial charge on any atom is -0.371 e. The van der Waals surface area contributed by atoms with Gasteiger partial charge in [-0.1, -0.05) is 0 Å². The molecule has 0 radical (unpaired) electrons. The second kappa shape index (κ2) is 5.77. The van der Waals surface area contributed by atoms with Crippen LogP contribution in [0.1, 0.15) is 6.92 Å². The number of pyridine rings is 1. The molecule has 4 nitrogen and oxygen atoms in total. The zero-order chi connectivity index (χ0) is 13.0. The highest BCUT2D eigenvalue weighted by Crippen LogP contribution is 2.18. The van der Waals surface area contributed by atoms with Gasteiger partial charge in [-0.25, -0.2) is 13.8 Å². The standard InChI is InChI=1S/C11H18F2N4/c1-7(17(3)4)6-15-11-9(13)5-8(12)10(14-2)16-11/h5,7H,6H2,1-4H3,(H2,14,15,16). The number of hydrogen-bond acceptors (Lipinski definition) is 4. The number of aromatic nitrogens is 1. The predicted octanol–water partition coefficient (Wildman–Crippen LogP) is 1.76. The van der Waals surface area contributed by atoms with Crippen molar-refractivity contribution in [3.63, 3.8) is 0 Å². The molecule has 0 saturated heterocycles. The monoisotopic (exact) mass is 244 g/mol. The third-order valence-corrected chi connectivity index (χ3v) is 2.61. The van der Waals surface area contributed by atoms with Gasteiger partial charge in [-0.2, -0.15) is 0 Å². The highest BCUT2D eigenvalue weighted by Gasteiger charge is 2.12. The summed E-state index contributed by atoms with van der Waals surface area (Å²) in [4.78, 5) is 5.82. The van der Waals surface area contributed by atoms with E-state index in [9.17, 15) is 8.78 Å². The Labute approximate surface area is 100 Å². The summed E-state index contributed by atoms with van der Waals surface area (Å²) in [6.45, 7) is 2.53. The maximum absolute atomic E-state index is 13.4. The third kappa shape index (κ3) is 3.52. The SMILES string of the molecule is CNc1nc(NCC(C)N(C)C)c(F)cc1F. The Morgan fingerprint density at radius 2 is 1.88 bits per heavy atom. The Kier molecular flexibility index (Phi) is 4.62. The van der Waals surface area contributed by atoms with E-state index in [-0.39, 0.29) is 17.7 Å². The summed E-state index contributed by atoms with van der Waals surface area (Å²) in [5, 5.41) is 5.43. The molecule has 17 heavy (non-hydrogen) atoms. The Balaban J connectivity index is 2.77. The Morgan fingerprint density at radius 1 is 1.29 bits per heavy atom. The van der Waals surface area contributed by atoms with E-state index in [4.69, 9.17) is 0 Å². The molecular formula is C11H18F2N4. The van der Waals surface area contributed by atoms with E-state index in [1.807, 2.05) is 25.9 Å². The largest absolute Gasteiger partial charge is 0.371 e. The van der Waals surface area contributed by atoms with Crippen LogP contribution in [0.5, 0.6) is 0 Å². The average Bonchev–Trinajstić information content (AvgIpc) is 2.27. The zero-order valence-electron chi connectivity index (χ0n) is 10.5. The van der Waals surface area contributed by atoms with Crippen LogP contribution in [-0.2, 0) is 0 Å². The molecule has 0 fully saturated rings. The lowest BCUT2D eigenvalue weighted by atomic mass is 10.3. The summed E-state index contributed by atoms with van der Waals surface area (Å²) < 4.78 is 26.6. The quantitative estimate of drug-likeness (QED) is 0.828. The molecule has 0 bridgehead atoms. The molecule has 1 unspecified atom stereocenters. The van der Waals surface area contributed by atoms with Crippen molar-refractivity contribution >= 4 is 11.6 Å². The van der Waals surface area contributed by atoms with Gasteiger partial charge in [0.25, 0.3) is 0 Å². The molecule has 0 spiro atoms. The molecule has 1 aromatic rings. The summed E-state index contributed by atoms with van der Waals surface area (Å²) in [5.41, 5.74) is 0. The van der Waals surface area contributed by atoms with Gasteiger partial charge in [-0.3, -0.25) is 0 Å². The van der Waals surface area contributed by atoms with Crippen LogP contribution >= 0.6 is 0 Å². The van der Waals surface area contributed by atoms with Crippen molar-refractivity contribution in [2.45, 2.75) is 13.0 Å². The van der Waals surface area contributed by atoms with Crippen LogP contribution in [0.15, 0.2) is 6.07 Å². The summed E-state index contributed by atoms with van der Waals surface area (Å²) in [6.07, 6.45) is 0. The molecule has 96 valence electrons. The van der Waals surface area contributed by atoms with E-state index in [0.717, 1.165) is 6.07 Å². The molecule has 0 aliphatic rings.